The van der Waals surface area contributed by atoms with Crippen LogP contribution in [0.25, 0.3) is 0 Å². The zero-order valence-electron chi connectivity index (χ0n) is 11.0. The van der Waals surface area contributed by atoms with Gasteiger partial charge in [0, 0.05) is 12.6 Å². The predicted molar refractivity (Wildman–Crippen MR) is 73.4 cm³/mol. The topological polar surface area (TPSA) is 143 Å². The Kier molecular flexibility index (Phi) is 5.66. The zero-order valence-corrected chi connectivity index (χ0v) is 11.0. The molecule has 1 aromatic heterocycles. The van der Waals surface area contributed by atoms with Gasteiger partial charge in [-0.25, -0.2) is 4.98 Å². The van der Waals surface area contributed by atoms with Crippen LogP contribution in [0.1, 0.15) is 13.3 Å². The Bertz CT molecular complexity index is 494. The highest BCUT2D eigenvalue weighted by Gasteiger charge is 2.18. The van der Waals surface area contributed by atoms with Gasteiger partial charge in [-0.1, -0.05) is 6.92 Å². The second-order valence-corrected chi connectivity index (χ2v) is 4.05. The summed E-state index contributed by atoms with van der Waals surface area (Å²) in [5.41, 5.74) is 4.65. The molecule has 1 rings (SSSR count). The smallest absolute Gasteiger partial charge is 0.311 e. The van der Waals surface area contributed by atoms with E-state index in [-0.39, 0.29) is 18.1 Å². The summed E-state index contributed by atoms with van der Waals surface area (Å²) in [5, 5.41) is 25.7. The van der Waals surface area contributed by atoms with Crippen LogP contribution in [0.4, 0.5) is 17.3 Å². The third-order valence-electron chi connectivity index (χ3n) is 2.42. The molecule has 0 spiro atoms. The van der Waals surface area contributed by atoms with E-state index in [1.165, 1.54) is 12.1 Å². The minimum absolute atomic E-state index is 0.0311. The molecular formula is C11H17N5O4. The van der Waals surface area contributed by atoms with Crippen molar-refractivity contribution < 1.29 is 14.8 Å². The Morgan fingerprint density at radius 3 is 2.80 bits per heavy atom. The van der Waals surface area contributed by atoms with Gasteiger partial charge < -0.3 is 21.5 Å². The Balaban J connectivity index is 2.88. The first-order valence-electron chi connectivity index (χ1n) is 6.06. The van der Waals surface area contributed by atoms with E-state index in [9.17, 15) is 20.0 Å². The number of amides is 1. The molecule has 1 unspecified atom stereocenters. The van der Waals surface area contributed by atoms with Crippen LogP contribution in [0.2, 0.25) is 0 Å². The van der Waals surface area contributed by atoms with E-state index in [4.69, 9.17) is 5.73 Å². The number of hydrogen-bond acceptors (Lipinski definition) is 7. The summed E-state index contributed by atoms with van der Waals surface area (Å²) in [6, 6.07) is 2.79. The van der Waals surface area contributed by atoms with Crippen molar-refractivity contribution in [3.63, 3.8) is 0 Å². The maximum atomic E-state index is 10.9. The van der Waals surface area contributed by atoms with Crippen molar-refractivity contribution in [1.82, 2.24) is 4.98 Å². The molecule has 0 bridgehead atoms. The zero-order chi connectivity index (χ0) is 15.1. The molecule has 0 aliphatic carbocycles. The van der Waals surface area contributed by atoms with Gasteiger partial charge in [-0.3, -0.25) is 14.9 Å². The lowest BCUT2D eigenvalue weighted by atomic mass is 10.3. The van der Waals surface area contributed by atoms with Crippen LogP contribution in [0, 0.1) is 10.1 Å². The number of pyridine rings is 1. The van der Waals surface area contributed by atoms with E-state index in [2.05, 4.69) is 15.6 Å². The number of nitro groups is 1. The van der Waals surface area contributed by atoms with Crippen LogP contribution in [0.5, 0.6) is 0 Å². The number of primary amides is 1. The monoisotopic (exact) mass is 283 g/mol. The van der Waals surface area contributed by atoms with Crippen molar-refractivity contribution in [3.8, 4) is 0 Å². The van der Waals surface area contributed by atoms with Crippen molar-refractivity contribution in [2.24, 2.45) is 5.73 Å². The quantitative estimate of drug-likeness (QED) is 0.390. The van der Waals surface area contributed by atoms with Gasteiger partial charge in [0.05, 0.1) is 11.5 Å². The Labute approximate surface area is 115 Å². The molecule has 20 heavy (non-hydrogen) atoms. The molecule has 110 valence electrons. The molecule has 1 heterocycles. The van der Waals surface area contributed by atoms with E-state index >= 15 is 0 Å². The molecule has 0 aliphatic heterocycles. The fraction of sp³-hybridized carbons (Fsp3) is 0.455. The third kappa shape index (κ3) is 4.35. The summed E-state index contributed by atoms with van der Waals surface area (Å²) in [6.45, 7) is 2.40. The molecule has 0 saturated carbocycles. The summed E-state index contributed by atoms with van der Waals surface area (Å²) in [7, 11) is 0. The van der Waals surface area contributed by atoms with E-state index in [0.29, 0.717) is 12.4 Å². The number of aliphatic hydroxyl groups excluding tert-OH is 1. The first kappa shape index (κ1) is 15.6. The van der Waals surface area contributed by atoms with Crippen molar-refractivity contribution >= 4 is 23.2 Å². The van der Waals surface area contributed by atoms with Gasteiger partial charge in [0.15, 0.2) is 0 Å². The van der Waals surface area contributed by atoms with Gasteiger partial charge in [0.1, 0.15) is 11.9 Å². The summed E-state index contributed by atoms with van der Waals surface area (Å²) < 4.78 is 0. The lowest BCUT2D eigenvalue weighted by molar-refractivity contribution is -0.384. The van der Waals surface area contributed by atoms with Crippen LogP contribution in [-0.2, 0) is 4.79 Å². The highest BCUT2D eigenvalue weighted by molar-refractivity contribution is 5.79. The standard InChI is InChI=1S/C11H17N5O4/c1-2-5-13-9-4-3-7(16(19)20)11(15-9)14-6-8(17)10(12)18/h3-4,8,17H,2,5-6H2,1H3,(H2,12,18)(H2,13,14,15). The lowest BCUT2D eigenvalue weighted by Gasteiger charge is -2.11. The van der Waals surface area contributed by atoms with Crippen LogP contribution >= 0.6 is 0 Å². The molecule has 0 saturated heterocycles. The minimum Gasteiger partial charge on any atom is -0.381 e. The Morgan fingerprint density at radius 2 is 2.25 bits per heavy atom. The van der Waals surface area contributed by atoms with E-state index in [1.807, 2.05) is 6.92 Å². The highest BCUT2D eigenvalue weighted by Crippen LogP contribution is 2.23. The molecule has 1 atom stereocenters. The number of rotatable bonds is 8. The largest absolute Gasteiger partial charge is 0.381 e. The average molecular weight is 283 g/mol. The molecule has 0 fully saturated rings. The number of nitrogens with two attached hydrogens (primary N) is 1. The highest BCUT2D eigenvalue weighted by atomic mass is 16.6. The number of nitrogens with one attached hydrogen (secondary N) is 2. The van der Waals surface area contributed by atoms with Crippen molar-refractivity contribution in [2.45, 2.75) is 19.4 Å². The number of aromatic nitrogens is 1. The molecule has 0 aromatic carbocycles. The number of aliphatic hydroxyl groups is 1. The fourth-order valence-corrected chi connectivity index (χ4v) is 1.37. The maximum absolute atomic E-state index is 10.9. The van der Waals surface area contributed by atoms with E-state index in [0.717, 1.165) is 6.42 Å². The number of nitrogens with zero attached hydrogens (tertiary/aromatic N) is 2. The SMILES string of the molecule is CCCNc1ccc([N+](=O)[O-])c(NCC(O)C(N)=O)n1. The van der Waals surface area contributed by atoms with Gasteiger partial charge in [-0.15, -0.1) is 0 Å². The van der Waals surface area contributed by atoms with Gasteiger partial charge in [0.25, 0.3) is 0 Å². The summed E-state index contributed by atoms with van der Waals surface area (Å²) in [6.07, 6.45) is -0.564. The van der Waals surface area contributed by atoms with Crippen LogP contribution < -0.4 is 16.4 Å². The number of carbonyl (C=O) groups excluding carboxylic acids is 1. The normalized spacial score (nSPS) is 11.7. The Morgan fingerprint density at radius 1 is 1.55 bits per heavy atom. The van der Waals surface area contributed by atoms with E-state index < -0.39 is 16.9 Å². The second kappa shape index (κ2) is 7.24. The molecule has 0 radical (unpaired) electrons. The molecule has 9 heteroatoms. The number of anilines is 2. The molecular weight excluding hydrogens is 266 g/mol. The summed E-state index contributed by atoms with van der Waals surface area (Å²) >= 11 is 0. The summed E-state index contributed by atoms with van der Waals surface area (Å²) in [5.74, 6) is -0.481. The van der Waals surface area contributed by atoms with Crippen LogP contribution in [0.3, 0.4) is 0 Å². The molecule has 1 aromatic rings. The first-order valence-corrected chi connectivity index (χ1v) is 6.06. The second-order valence-electron chi connectivity index (χ2n) is 4.05. The molecule has 1 amide bonds. The van der Waals surface area contributed by atoms with Gasteiger partial charge in [-0.05, 0) is 12.5 Å². The predicted octanol–water partition coefficient (Wildman–Crippen LogP) is 0.0698. The first-order chi connectivity index (χ1) is 9.45. The van der Waals surface area contributed by atoms with Crippen molar-refractivity contribution in [1.29, 1.82) is 0 Å². The molecule has 5 N–H and O–H groups in total. The van der Waals surface area contributed by atoms with Gasteiger partial charge >= 0.3 is 5.69 Å². The summed E-state index contributed by atoms with van der Waals surface area (Å²) in [4.78, 5) is 25.0. The lowest BCUT2D eigenvalue weighted by Crippen LogP contribution is -2.34. The average Bonchev–Trinajstić information content (AvgIpc) is 2.42. The Hall–Kier alpha value is -2.42. The van der Waals surface area contributed by atoms with Crippen LogP contribution in [0.15, 0.2) is 12.1 Å². The van der Waals surface area contributed by atoms with Crippen molar-refractivity contribution in [2.75, 3.05) is 23.7 Å². The maximum Gasteiger partial charge on any atom is 0.311 e. The minimum atomic E-state index is -1.44. The van der Waals surface area contributed by atoms with Gasteiger partial charge in [-0.2, -0.15) is 0 Å². The number of hydrogen-bond donors (Lipinski definition) is 4. The molecule has 9 nitrogen and oxygen atoms in total. The third-order valence-corrected chi connectivity index (χ3v) is 2.42. The van der Waals surface area contributed by atoms with E-state index in [1.54, 1.807) is 0 Å². The number of carbonyl (C=O) groups is 1. The van der Waals surface area contributed by atoms with Crippen LogP contribution in [-0.4, -0.2) is 40.1 Å². The fourth-order valence-electron chi connectivity index (χ4n) is 1.37. The van der Waals surface area contributed by atoms with Gasteiger partial charge in [0.2, 0.25) is 11.7 Å². The van der Waals surface area contributed by atoms with Crippen molar-refractivity contribution in [3.05, 3.63) is 22.2 Å². The molecule has 0 aliphatic rings.